The zero-order chi connectivity index (χ0) is 33.8. The third-order valence-corrected chi connectivity index (χ3v) is 10.1. The standard InChI is InChI=1S/C38H45N3O7/c1-25-14-13-15-26(2)33(25)40-21-11-6-9-18-30(43)39-24-29(27-16-7-5-8-17-27)47-37(46)31-28-19-20-38(48-28)32(31)35(44)41(34(38)36(40)45)22-10-3-4-12-23-42/h5-8,11,13-17,19-20,28-29,31-32,34,42H,3-4,9-10,12,18,21-24H2,1-2H3,(H,39,43)/b11-6-/t28-,29-,31+,32+,34-,38+/m0/s1. The maximum Gasteiger partial charge on any atom is 0.313 e. The van der Waals surface area contributed by atoms with Crippen molar-refractivity contribution >= 4 is 29.4 Å². The number of cyclic esters (lactones) is 1. The van der Waals surface area contributed by atoms with Crippen molar-refractivity contribution in [3.8, 4) is 0 Å². The highest BCUT2D eigenvalue weighted by molar-refractivity contribution is 6.06. The minimum Gasteiger partial charge on any atom is -0.455 e. The topological polar surface area (TPSA) is 125 Å². The number of nitrogens with zero attached hydrogens (tertiary/aromatic N) is 2. The number of aliphatic hydroxyl groups excluding tert-OH is 1. The SMILES string of the molecule is Cc1cccc(C)c1N1C/C=C\CCC(=O)NC[C@@H](c2ccccc2)OC(=O)[C@@H]2[C@@H]3C=C[C@]4(O3)[C@H](C1=O)N(CCCCCCO)C(=O)[C@@H]24. The second-order valence-corrected chi connectivity index (χ2v) is 13.2. The molecule has 0 unspecified atom stereocenters. The molecule has 48 heavy (non-hydrogen) atoms. The monoisotopic (exact) mass is 655 g/mol. The fourth-order valence-corrected chi connectivity index (χ4v) is 7.80. The summed E-state index contributed by atoms with van der Waals surface area (Å²) in [6.07, 6.45) is 9.47. The van der Waals surface area contributed by atoms with E-state index in [1.165, 1.54) is 0 Å². The molecule has 10 heteroatoms. The summed E-state index contributed by atoms with van der Waals surface area (Å²) in [6, 6.07) is 14.1. The lowest BCUT2D eigenvalue weighted by atomic mass is 9.74. The number of aryl methyl sites for hydroxylation is 2. The Hall–Kier alpha value is -4.28. The number of esters is 1. The summed E-state index contributed by atoms with van der Waals surface area (Å²) < 4.78 is 12.7. The number of carbonyl (C=O) groups excluding carboxylic acids is 4. The molecule has 4 aliphatic rings. The molecule has 0 radical (unpaired) electrons. The molecule has 0 aromatic heterocycles. The summed E-state index contributed by atoms with van der Waals surface area (Å²) in [7, 11) is 0. The molecule has 0 aliphatic carbocycles. The van der Waals surface area contributed by atoms with Crippen molar-refractivity contribution < 1.29 is 33.8 Å². The molecule has 6 atom stereocenters. The van der Waals surface area contributed by atoms with Gasteiger partial charge < -0.3 is 29.7 Å². The van der Waals surface area contributed by atoms with Gasteiger partial charge in [0.15, 0.2) is 0 Å². The van der Waals surface area contributed by atoms with Crippen molar-refractivity contribution in [2.24, 2.45) is 11.8 Å². The van der Waals surface area contributed by atoms with E-state index in [0.29, 0.717) is 25.8 Å². The van der Waals surface area contributed by atoms with Crippen LogP contribution in [0.15, 0.2) is 72.8 Å². The first-order valence-electron chi connectivity index (χ1n) is 17.1. The van der Waals surface area contributed by atoms with Crippen molar-refractivity contribution in [3.63, 3.8) is 0 Å². The van der Waals surface area contributed by atoms with E-state index in [-0.39, 0.29) is 43.8 Å². The molecule has 254 valence electrons. The average Bonchev–Trinajstić information content (AvgIpc) is 3.72. The van der Waals surface area contributed by atoms with Crippen LogP contribution >= 0.6 is 0 Å². The highest BCUT2D eigenvalue weighted by atomic mass is 16.6. The molecular weight excluding hydrogens is 610 g/mol. The van der Waals surface area contributed by atoms with E-state index >= 15 is 4.79 Å². The van der Waals surface area contributed by atoms with Crippen LogP contribution in [0.1, 0.15) is 61.3 Å². The number of fused-ring (bicyclic) bond motifs is 2. The molecule has 2 fully saturated rings. The number of anilines is 1. The number of hydrogen-bond donors (Lipinski definition) is 2. The molecule has 5 bridgehead atoms. The van der Waals surface area contributed by atoms with Crippen molar-refractivity contribution in [1.29, 1.82) is 0 Å². The summed E-state index contributed by atoms with van der Waals surface area (Å²) in [6.45, 7) is 4.65. The van der Waals surface area contributed by atoms with E-state index in [1.807, 2.05) is 80.6 Å². The van der Waals surface area contributed by atoms with Gasteiger partial charge in [-0.05, 0) is 49.8 Å². The normalized spacial score (nSPS) is 29.6. The molecule has 1 spiro atoms. The molecule has 6 rings (SSSR count). The summed E-state index contributed by atoms with van der Waals surface area (Å²) in [5, 5.41) is 12.2. The highest BCUT2D eigenvalue weighted by Gasteiger charge is 2.73. The Balaban J connectivity index is 1.42. The summed E-state index contributed by atoms with van der Waals surface area (Å²) in [5.74, 6) is -3.26. The van der Waals surface area contributed by atoms with Gasteiger partial charge >= 0.3 is 5.97 Å². The summed E-state index contributed by atoms with van der Waals surface area (Å²) in [4.78, 5) is 59.9. The lowest BCUT2D eigenvalue weighted by Crippen LogP contribution is -2.56. The number of aliphatic hydroxyl groups is 1. The minimum atomic E-state index is -1.34. The number of carbonyl (C=O) groups is 4. The van der Waals surface area contributed by atoms with Crippen LogP contribution in [0.2, 0.25) is 0 Å². The second-order valence-electron chi connectivity index (χ2n) is 13.2. The number of hydrogen-bond acceptors (Lipinski definition) is 7. The first kappa shape index (κ1) is 33.6. The molecule has 2 aromatic carbocycles. The van der Waals surface area contributed by atoms with Crippen LogP contribution in [0.3, 0.4) is 0 Å². The number of para-hydroxylation sites is 1. The van der Waals surface area contributed by atoms with Gasteiger partial charge in [-0.25, -0.2) is 0 Å². The smallest absolute Gasteiger partial charge is 0.313 e. The third-order valence-electron chi connectivity index (χ3n) is 10.1. The van der Waals surface area contributed by atoms with Gasteiger partial charge in [-0.15, -0.1) is 0 Å². The molecule has 2 saturated heterocycles. The van der Waals surface area contributed by atoms with E-state index in [9.17, 15) is 19.5 Å². The van der Waals surface area contributed by atoms with Gasteiger partial charge in [-0.2, -0.15) is 0 Å². The Morgan fingerprint density at radius 1 is 0.917 bits per heavy atom. The fourth-order valence-electron chi connectivity index (χ4n) is 7.80. The van der Waals surface area contributed by atoms with Crippen LogP contribution in [0.5, 0.6) is 0 Å². The van der Waals surface area contributed by atoms with Gasteiger partial charge in [0.05, 0.1) is 18.6 Å². The van der Waals surface area contributed by atoms with Gasteiger partial charge in [-0.1, -0.05) is 85.7 Å². The van der Waals surface area contributed by atoms with E-state index in [0.717, 1.165) is 35.2 Å². The Morgan fingerprint density at radius 3 is 2.42 bits per heavy atom. The number of unbranched alkanes of at least 4 members (excludes halogenated alkanes) is 3. The van der Waals surface area contributed by atoms with Crippen molar-refractivity contribution in [2.45, 2.75) is 76.2 Å². The fraction of sp³-hybridized carbons (Fsp3) is 0.474. The number of ether oxygens (including phenoxy) is 2. The van der Waals surface area contributed by atoms with Gasteiger partial charge in [0, 0.05) is 31.8 Å². The highest BCUT2D eigenvalue weighted by Crippen LogP contribution is 2.56. The van der Waals surface area contributed by atoms with Crippen molar-refractivity contribution in [2.75, 3.05) is 31.1 Å². The molecule has 3 amide bonds. The molecule has 4 aliphatic heterocycles. The van der Waals surface area contributed by atoms with Crippen LogP contribution in [0.25, 0.3) is 0 Å². The summed E-state index contributed by atoms with van der Waals surface area (Å²) >= 11 is 0. The number of allylic oxidation sites excluding steroid dienone is 1. The predicted octanol–water partition coefficient (Wildman–Crippen LogP) is 4.09. The van der Waals surface area contributed by atoms with Crippen LogP contribution in [0.4, 0.5) is 5.69 Å². The van der Waals surface area contributed by atoms with Crippen molar-refractivity contribution in [1.82, 2.24) is 10.2 Å². The number of nitrogens with one attached hydrogen (secondary N) is 1. The van der Waals surface area contributed by atoms with E-state index < -0.39 is 41.7 Å². The molecular formula is C38H45N3O7. The zero-order valence-corrected chi connectivity index (χ0v) is 27.7. The minimum absolute atomic E-state index is 0.0809. The van der Waals surface area contributed by atoms with E-state index in [4.69, 9.17) is 9.47 Å². The van der Waals surface area contributed by atoms with E-state index in [1.54, 1.807) is 15.9 Å². The Kier molecular flexibility index (Phi) is 10.1. The van der Waals surface area contributed by atoms with Gasteiger partial charge in [0.25, 0.3) is 5.91 Å². The maximum atomic E-state index is 15.1. The number of rotatable bonds is 8. The quantitative estimate of drug-likeness (QED) is 0.249. The number of benzene rings is 2. The molecule has 10 nitrogen and oxygen atoms in total. The number of amides is 3. The van der Waals surface area contributed by atoms with Crippen molar-refractivity contribution in [3.05, 3.63) is 89.5 Å². The molecule has 0 saturated carbocycles. The number of likely N-dealkylation sites (tertiary alicyclic amines) is 1. The Bertz CT molecular complexity index is 1570. The lowest BCUT2D eigenvalue weighted by molar-refractivity contribution is -0.159. The van der Waals surface area contributed by atoms with Gasteiger partial charge in [0.2, 0.25) is 11.8 Å². The Morgan fingerprint density at radius 2 is 1.67 bits per heavy atom. The second kappa shape index (κ2) is 14.5. The largest absolute Gasteiger partial charge is 0.455 e. The Labute approximate surface area is 281 Å². The molecule has 4 heterocycles. The van der Waals surface area contributed by atoms with Gasteiger partial charge in [0.1, 0.15) is 23.7 Å². The predicted molar refractivity (Wildman–Crippen MR) is 180 cm³/mol. The average molecular weight is 656 g/mol. The van der Waals surface area contributed by atoms with Crippen LogP contribution in [0, 0.1) is 25.7 Å². The van der Waals surface area contributed by atoms with E-state index in [2.05, 4.69) is 5.32 Å². The lowest BCUT2D eigenvalue weighted by Gasteiger charge is -2.36. The van der Waals surface area contributed by atoms with Crippen LogP contribution in [-0.4, -0.2) is 77.7 Å². The van der Waals surface area contributed by atoms with Gasteiger partial charge in [-0.3, -0.25) is 19.2 Å². The van der Waals surface area contributed by atoms with Crippen LogP contribution < -0.4 is 10.2 Å². The maximum absolute atomic E-state index is 15.1. The zero-order valence-electron chi connectivity index (χ0n) is 27.7. The summed E-state index contributed by atoms with van der Waals surface area (Å²) in [5.41, 5.74) is 1.97. The molecule has 2 N–H and O–H groups in total. The first-order valence-corrected chi connectivity index (χ1v) is 17.1. The molecule has 2 aromatic rings. The third kappa shape index (κ3) is 6.31. The first-order chi connectivity index (χ1) is 23.3. The van der Waals surface area contributed by atoms with Crippen LogP contribution in [-0.2, 0) is 28.7 Å².